The summed E-state index contributed by atoms with van der Waals surface area (Å²) in [5.74, 6) is -0.740. The van der Waals surface area contributed by atoms with Crippen molar-refractivity contribution >= 4 is 11.9 Å². The normalized spacial score (nSPS) is 11.2. The highest BCUT2D eigenvalue weighted by Gasteiger charge is 2.20. The van der Waals surface area contributed by atoms with Crippen LogP contribution in [0.15, 0.2) is 30.3 Å². The zero-order valence-corrected chi connectivity index (χ0v) is 11.5. The summed E-state index contributed by atoms with van der Waals surface area (Å²) in [7, 11) is 1.26. The summed E-state index contributed by atoms with van der Waals surface area (Å²) in [4.78, 5) is 23.3. The number of hydrogen-bond acceptors (Lipinski definition) is 4. The van der Waals surface area contributed by atoms with Crippen LogP contribution in [0.1, 0.15) is 24.8 Å². The monoisotopic (exact) mass is 274 g/mol. The first-order valence-corrected chi connectivity index (χ1v) is 6.45. The smallest absolute Gasteiger partial charge is 0.328 e. The number of amides is 1. The van der Waals surface area contributed by atoms with Crippen molar-refractivity contribution in [2.45, 2.75) is 31.7 Å². The fraction of sp³-hybridized carbons (Fsp3) is 0.400. The quantitative estimate of drug-likeness (QED) is 0.766. The van der Waals surface area contributed by atoms with Gasteiger partial charge in [0.2, 0.25) is 5.91 Å². The van der Waals surface area contributed by atoms with E-state index in [1.54, 1.807) is 0 Å². The largest absolute Gasteiger partial charge is 0.467 e. The molecule has 0 fully saturated rings. The van der Waals surface area contributed by atoms with Crippen LogP contribution in [0, 0.1) is 11.3 Å². The van der Waals surface area contributed by atoms with Gasteiger partial charge in [-0.3, -0.25) is 4.79 Å². The van der Waals surface area contributed by atoms with Gasteiger partial charge in [0.05, 0.1) is 13.2 Å². The first-order valence-electron chi connectivity index (χ1n) is 6.45. The summed E-state index contributed by atoms with van der Waals surface area (Å²) < 4.78 is 4.61. The molecule has 0 heterocycles. The molecule has 1 aromatic carbocycles. The molecule has 5 nitrogen and oxygen atoms in total. The molecule has 0 aromatic heterocycles. The van der Waals surface area contributed by atoms with Crippen LogP contribution in [-0.2, 0) is 20.7 Å². The second-order valence-electron chi connectivity index (χ2n) is 4.33. The minimum atomic E-state index is -0.747. The molecule has 1 aromatic rings. The van der Waals surface area contributed by atoms with E-state index in [9.17, 15) is 9.59 Å². The molecule has 0 aliphatic carbocycles. The number of nitrogens with one attached hydrogen (secondary N) is 1. The molecule has 0 aliphatic heterocycles. The van der Waals surface area contributed by atoms with Gasteiger partial charge in [0, 0.05) is 12.8 Å². The van der Waals surface area contributed by atoms with Crippen molar-refractivity contribution in [3.8, 4) is 6.07 Å². The average molecular weight is 274 g/mol. The van der Waals surface area contributed by atoms with E-state index in [2.05, 4.69) is 10.1 Å². The fourth-order valence-electron chi connectivity index (χ4n) is 1.77. The van der Waals surface area contributed by atoms with Gasteiger partial charge in [-0.25, -0.2) is 4.79 Å². The van der Waals surface area contributed by atoms with Gasteiger partial charge in [-0.05, 0) is 18.4 Å². The van der Waals surface area contributed by atoms with E-state index in [0.717, 1.165) is 5.56 Å². The van der Waals surface area contributed by atoms with Gasteiger partial charge in [-0.2, -0.15) is 5.26 Å². The third-order valence-electron chi connectivity index (χ3n) is 2.85. The zero-order valence-electron chi connectivity index (χ0n) is 11.5. The summed E-state index contributed by atoms with van der Waals surface area (Å²) >= 11 is 0. The predicted molar refractivity (Wildman–Crippen MR) is 73.6 cm³/mol. The van der Waals surface area contributed by atoms with Gasteiger partial charge < -0.3 is 10.1 Å². The number of rotatable bonds is 7. The first kappa shape index (κ1) is 15.7. The number of hydrogen-bond donors (Lipinski definition) is 1. The molecule has 0 saturated heterocycles. The molecular weight excluding hydrogens is 256 g/mol. The van der Waals surface area contributed by atoms with Crippen LogP contribution in [0.3, 0.4) is 0 Å². The Balaban J connectivity index is 2.45. The van der Waals surface area contributed by atoms with Crippen molar-refractivity contribution in [1.29, 1.82) is 5.26 Å². The Hall–Kier alpha value is -2.35. The summed E-state index contributed by atoms with van der Waals surface area (Å²) in [5, 5.41) is 11.1. The third kappa shape index (κ3) is 5.53. The van der Waals surface area contributed by atoms with Crippen molar-refractivity contribution in [3.63, 3.8) is 0 Å². The number of carbonyl (C=O) groups is 2. The highest BCUT2D eigenvalue weighted by Crippen LogP contribution is 2.04. The van der Waals surface area contributed by atoms with Crippen molar-refractivity contribution in [2.75, 3.05) is 7.11 Å². The summed E-state index contributed by atoms with van der Waals surface area (Å²) in [6, 6.07) is 10.8. The van der Waals surface area contributed by atoms with E-state index < -0.39 is 12.0 Å². The summed E-state index contributed by atoms with van der Waals surface area (Å²) in [6.07, 6.45) is 1.36. The lowest BCUT2D eigenvalue weighted by molar-refractivity contribution is -0.145. The molecule has 20 heavy (non-hydrogen) atoms. The molecule has 1 rings (SSSR count). The molecule has 1 amide bonds. The number of carbonyl (C=O) groups excluding carboxylic acids is 2. The molecule has 1 N–H and O–H groups in total. The van der Waals surface area contributed by atoms with Crippen LogP contribution in [-0.4, -0.2) is 25.0 Å². The van der Waals surface area contributed by atoms with Gasteiger partial charge in [0.25, 0.3) is 0 Å². The molecule has 0 spiro atoms. The number of nitriles is 1. The minimum Gasteiger partial charge on any atom is -0.467 e. The Morgan fingerprint density at radius 3 is 2.65 bits per heavy atom. The maximum atomic E-state index is 11.8. The maximum Gasteiger partial charge on any atom is 0.328 e. The predicted octanol–water partition coefficient (Wildman–Crippen LogP) is 1.58. The van der Waals surface area contributed by atoms with Crippen molar-refractivity contribution in [1.82, 2.24) is 5.32 Å². The maximum absolute atomic E-state index is 11.8. The SMILES string of the molecule is COC(=O)[C@H](CCC#N)NC(=O)CCc1ccccc1. The van der Waals surface area contributed by atoms with E-state index >= 15 is 0 Å². The van der Waals surface area contributed by atoms with E-state index in [0.29, 0.717) is 12.8 Å². The van der Waals surface area contributed by atoms with Crippen molar-refractivity contribution < 1.29 is 14.3 Å². The van der Waals surface area contributed by atoms with Gasteiger partial charge in [-0.15, -0.1) is 0 Å². The molecule has 0 bridgehead atoms. The molecule has 106 valence electrons. The Labute approximate surface area is 118 Å². The van der Waals surface area contributed by atoms with Crippen LogP contribution >= 0.6 is 0 Å². The average Bonchev–Trinajstić information content (AvgIpc) is 2.49. The summed E-state index contributed by atoms with van der Waals surface area (Å²) in [5.41, 5.74) is 1.06. The number of benzene rings is 1. The van der Waals surface area contributed by atoms with Crippen LogP contribution in [0.25, 0.3) is 0 Å². The molecule has 0 unspecified atom stereocenters. The van der Waals surface area contributed by atoms with Crippen molar-refractivity contribution in [3.05, 3.63) is 35.9 Å². The fourth-order valence-corrected chi connectivity index (χ4v) is 1.77. The third-order valence-corrected chi connectivity index (χ3v) is 2.85. The Morgan fingerprint density at radius 2 is 2.05 bits per heavy atom. The second kappa shape index (κ2) is 8.70. The van der Waals surface area contributed by atoms with E-state index in [1.807, 2.05) is 36.4 Å². The van der Waals surface area contributed by atoms with Crippen molar-refractivity contribution in [2.24, 2.45) is 0 Å². The van der Waals surface area contributed by atoms with E-state index in [1.165, 1.54) is 7.11 Å². The number of esters is 1. The van der Waals surface area contributed by atoms with E-state index in [-0.39, 0.29) is 18.7 Å². The summed E-state index contributed by atoms with van der Waals surface area (Å²) in [6.45, 7) is 0. The van der Waals surface area contributed by atoms with Crippen LogP contribution in [0.4, 0.5) is 0 Å². The highest BCUT2D eigenvalue weighted by molar-refractivity contribution is 5.84. The number of ether oxygens (including phenoxy) is 1. The number of aryl methyl sites for hydroxylation is 1. The minimum absolute atomic E-state index is 0.193. The van der Waals surface area contributed by atoms with Crippen LogP contribution in [0.5, 0.6) is 0 Å². The van der Waals surface area contributed by atoms with Gasteiger partial charge in [0.15, 0.2) is 0 Å². The lowest BCUT2D eigenvalue weighted by atomic mass is 10.1. The first-order chi connectivity index (χ1) is 9.67. The molecule has 0 saturated carbocycles. The standard InChI is InChI=1S/C15H18N2O3/c1-20-15(19)13(8-5-11-16)17-14(18)10-9-12-6-3-2-4-7-12/h2-4,6-7,13H,5,8-10H2,1H3,(H,17,18)/t13-/m0/s1. The second-order valence-corrected chi connectivity index (χ2v) is 4.33. The molecular formula is C15H18N2O3. The Kier molecular flexibility index (Phi) is 6.83. The molecule has 5 heteroatoms. The van der Waals surface area contributed by atoms with Gasteiger partial charge in [0.1, 0.15) is 6.04 Å². The Morgan fingerprint density at radius 1 is 1.35 bits per heavy atom. The lowest BCUT2D eigenvalue weighted by Crippen LogP contribution is -2.41. The van der Waals surface area contributed by atoms with Gasteiger partial charge in [-0.1, -0.05) is 30.3 Å². The zero-order chi connectivity index (χ0) is 14.8. The number of nitrogens with zero attached hydrogens (tertiary/aromatic N) is 1. The van der Waals surface area contributed by atoms with Crippen LogP contribution in [0.2, 0.25) is 0 Å². The lowest BCUT2D eigenvalue weighted by Gasteiger charge is -2.15. The molecule has 1 atom stereocenters. The van der Waals surface area contributed by atoms with Crippen LogP contribution < -0.4 is 5.32 Å². The highest BCUT2D eigenvalue weighted by atomic mass is 16.5. The topological polar surface area (TPSA) is 79.2 Å². The van der Waals surface area contributed by atoms with E-state index in [4.69, 9.17) is 5.26 Å². The Bertz CT molecular complexity index is 480. The molecule has 0 aliphatic rings. The number of methoxy groups -OCH3 is 1. The van der Waals surface area contributed by atoms with Gasteiger partial charge >= 0.3 is 5.97 Å². The molecule has 0 radical (unpaired) electrons.